The molecular weight excluding hydrogens is 384 g/mol. The average molecular weight is 402 g/mol. The van der Waals surface area contributed by atoms with Crippen molar-refractivity contribution >= 4 is 51.4 Å². The van der Waals surface area contributed by atoms with Crippen molar-refractivity contribution in [2.24, 2.45) is 10.2 Å². The molecule has 144 valence electrons. The van der Waals surface area contributed by atoms with E-state index in [0.717, 1.165) is 16.3 Å². The van der Waals surface area contributed by atoms with E-state index in [-0.39, 0.29) is 18.2 Å². The lowest BCUT2D eigenvalue weighted by molar-refractivity contribution is -0.122. The van der Waals surface area contributed by atoms with Gasteiger partial charge in [-0.05, 0) is 22.9 Å². The number of benzene rings is 3. The minimum absolute atomic E-state index is 0.0669. The summed E-state index contributed by atoms with van der Waals surface area (Å²) in [4.78, 5) is 24.3. The van der Waals surface area contributed by atoms with Crippen LogP contribution in [0, 0.1) is 0 Å². The van der Waals surface area contributed by atoms with E-state index >= 15 is 0 Å². The number of amidine groups is 1. The summed E-state index contributed by atoms with van der Waals surface area (Å²) >= 11 is 1.21. The molecule has 4 rings (SSSR count). The van der Waals surface area contributed by atoms with E-state index in [1.54, 1.807) is 18.3 Å². The van der Waals surface area contributed by atoms with Gasteiger partial charge in [0.1, 0.15) is 5.25 Å². The summed E-state index contributed by atoms with van der Waals surface area (Å²) in [6.45, 7) is 0. The van der Waals surface area contributed by atoms with Crippen LogP contribution in [-0.4, -0.2) is 28.4 Å². The summed E-state index contributed by atoms with van der Waals surface area (Å²) < 4.78 is 0. The Morgan fingerprint density at radius 2 is 1.79 bits per heavy atom. The minimum atomic E-state index is -0.523. The first kappa shape index (κ1) is 18.9. The van der Waals surface area contributed by atoms with Gasteiger partial charge in [0.2, 0.25) is 11.8 Å². The standard InChI is InChI=1S/C22H18N4O2S/c27-20(24-17-10-2-1-3-11-17)13-19-21(28)25-22(29-19)26-23-14-16-9-6-8-15-7-4-5-12-18(15)16/h1-12,14,19H,13H2,(H,24,27)(H,25,26,28)/b23-14-/t19-/m0/s1. The van der Waals surface area contributed by atoms with Crippen molar-refractivity contribution in [2.45, 2.75) is 11.7 Å². The molecule has 1 heterocycles. The smallest absolute Gasteiger partial charge is 0.240 e. The van der Waals surface area contributed by atoms with Gasteiger partial charge >= 0.3 is 0 Å². The Kier molecular flexibility index (Phi) is 5.67. The van der Waals surface area contributed by atoms with E-state index in [1.807, 2.05) is 60.7 Å². The van der Waals surface area contributed by atoms with E-state index in [0.29, 0.717) is 10.9 Å². The van der Waals surface area contributed by atoms with E-state index in [1.165, 1.54) is 11.8 Å². The molecule has 7 heteroatoms. The van der Waals surface area contributed by atoms with Crippen LogP contribution in [0.5, 0.6) is 0 Å². The number of nitrogens with one attached hydrogen (secondary N) is 2. The molecule has 0 aromatic heterocycles. The maximum atomic E-state index is 12.2. The van der Waals surface area contributed by atoms with Crippen molar-refractivity contribution in [1.29, 1.82) is 0 Å². The van der Waals surface area contributed by atoms with Gasteiger partial charge in [-0.3, -0.25) is 9.59 Å². The lowest BCUT2D eigenvalue weighted by Gasteiger charge is -2.06. The van der Waals surface area contributed by atoms with Crippen molar-refractivity contribution < 1.29 is 9.59 Å². The Bertz CT molecular complexity index is 1110. The first-order chi connectivity index (χ1) is 14.2. The maximum Gasteiger partial charge on any atom is 0.240 e. The molecular formula is C22H18N4O2S. The van der Waals surface area contributed by atoms with Gasteiger partial charge in [0.25, 0.3) is 0 Å². The Balaban J connectivity index is 1.39. The van der Waals surface area contributed by atoms with Crippen molar-refractivity contribution in [2.75, 3.05) is 5.32 Å². The van der Waals surface area contributed by atoms with Crippen molar-refractivity contribution in [3.63, 3.8) is 0 Å². The van der Waals surface area contributed by atoms with E-state index < -0.39 is 5.25 Å². The van der Waals surface area contributed by atoms with Gasteiger partial charge in [0.15, 0.2) is 5.17 Å². The summed E-state index contributed by atoms with van der Waals surface area (Å²) in [6.07, 6.45) is 1.73. The van der Waals surface area contributed by atoms with Crippen LogP contribution in [0.3, 0.4) is 0 Å². The Labute approximate surface area is 172 Å². The van der Waals surface area contributed by atoms with Crippen LogP contribution in [0.2, 0.25) is 0 Å². The molecule has 3 aromatic rings. The van der Waals surface area contributed by atoms with Gasteiger partial charge < -0.3 is 10.6 Å². The van der Waals surface area contributed by atoms with Gasteiger partial charge in [-0.1, -0.05) is 72.4 Å². The predicted molar refractivity (Wildman–Crippen MR) is 118 cm³/mol. The number of thioether (sulfide) groups is 1. The number of para-hydroxylation sites is 1. The Morgan fingerprint density at radius 3 is 2.66 bits per heavy atom. The molecule has 0 radical (unpaired) electrons. The monoisotopic (exact) mass is 402 g/mol. The number of carbonyl (C=O) groups is 2. The van der Waals surface area contributed by atoms with Crippen molar-refractivity contribution in [3.05, 3.63) is 78.4 Å². The first-order valence-corrected chi connectivity index (χ1v) is 9.98. The Hall–Kier alpha value is -3.45. The van der Waals surface area contributed by atoms with Crippen LogP contribution in [0.1, 0.15) is 12.0 Å². The molecule has 1 aliphatic rings. The highest BCUT2D eigenvalue weighted by atomic mass is 32.2. The largest absolute Gasteiger partial charge is 0.326 e. The highest BCUT2D eigenvalue weighted by molar-refractivity contribution is 8.15. The number of fused-ring (bicyclic) bond motifs is 1. The van der Waals surface area contributed by atoms with Gasteiger partial charge in [-0.15, -0.1) is 5.10 Å². The summed E-state index contributed by atoms with van der Waals surface area (Å²) in [5, 5.41) is 15.8. The van der Waals surface area contributed by atoms with Crippen LogP contribution < -0.4 is 10.6 Å². The quantitative estimate of drug-likeness (QED) is 0.503. The molecule has 1 atom stereocenters. The molecule has 1 saturated heterocycles. The fourth-order valence-corrected chi connectivity index (χ4v) is 3.92. The summed E-state index contributed by atoms with van der Waals surface area (Å²) in [5.41, 5.74) is 1.65. The molecule has 6 nitrogen and oxygen atoms in total. The Morgan fingerprint density at radius 1 is 1.03 bits per heavy atom. The number of hydrogen-bond donors (Lipinski definition) is 2. The third-order valence-corrected chi connectivity index (χ3v) is 5.45. The highest BCUT2D eigenvalue weighted by Crippen LogP contribution is 2.23. The van der Waals surface area contributed by atoms with Crippen LogP contribution in [0.4, 0.5) is 5.69 Å². The van der Waals surface area contributed by atoms with Crippen LogP contribution in [0.25, 0.3) is 10.8 Å². The number of hydrogen-bond acceptors (Lipinski definition) is 5. The van der Waals surface area contributed by atoms with Crippen molar-refractivity contribution in [1.82, 2.24) is 5.32 Å². The minimum Gasteiger partial charge on any atom is -0.326 e. The molecule has 1 fully saturated rings. The highest BCUT2D eigenvalue weighted by Gasteiger charge is 2.32. The fraction of sp³-hybridized carbons (Fsp3) is 0.0909. The molecule has 3 aromatic carbocycles. The number of rotatable bonds is 5. The molecule has 1 aliphatic heterocycles. The van der Waals surface area contributed by atoms with E-state index in [2.05, 4.69) is 20.8 Å². The lowest BCUT2D eigenvalue weighted by Crippen LogP contribution is -2.28. The number of amides is 2. The normalized spacial score (nSPS) is 17.7. The second-order valence-electron chi connectivity index (χ2n) is 6.43. The third kappa shape index (κ3) is 4.70. The van der Waals surface area contributed by atoms with E-state index in [4.69, 9.17) is 0 Å². The third-order valence-electron chi connectivity index (χ3n) is 4.37. The van der Waals surface area contributed by atoms with E-state index in [9.17, 15) is 9.59 Å². The van der Waals surface area contributed by atoms with Crippen LogP contribution in [0.15, 0.2) is 83.0 Å². The first-order valence-electron chi connectivity index (χ1n) is 9.10. The average Bonchev–Trinajstić information content (AvgIpc) is 3.08. The lowest BCUT2D eigenvalue weighted by atomic mass is 10.1. The zero-order chi connectivity index (χ0) is 20.1. The molecule has 0 spiro atoms. The molecule has 0 aliphatic carbocycles. The van der Waals surface area contributed by atoms with Crippen molar-refractivity contribution in [3.8, 4) is 0 Å². The SMILES string of the molecule is O=C(C[C@@H]1S/C(=N\N=C/c2cccc3ccccc23)NC1=O)Nc1ccccc1. The van der Waals surface area contributed by atoms with Gasteiger partial charge in [-0.25, -0.2) is 0 Å². The fourth-order valence-electron chi connectivity index (χ4n) is 2.99. The number of carbonyl (C=O) groups excluding carboxylic acids is 2. The predicted octanol–water partition coefficient (Wildman–Crippen LogP) is 3.79. The second-order valence-corrected chi connectivity index (χ2v) is 7.62. The topological polar surface area (TPSA) is 82.9 Å². The zero-order valence-electron chi connectivity index (χ0n) is 15.4. The van der Waals surface area contributed by atoms with Crippen LogP contribution in [-0.2, 0) is 9.59 Å². The van der Waals surface area contributed by atoms with Gasteiger partial charge in [0.05, 0.1) is 6.21 Å². The van der Waals surface area contributed by atoms with Crippen LogP contribution >= 0.6 is 11.8 Å². The number of nitrogens with zero attached hydrogens (tertiary/aromatic N) is 2. The molecule has 29 heavy (non-hydrogen) atoms. The summed E-state index contributed by atoms with van der Waals surface area (Å²) in [6, 6.07) is 23.1. The number of anilines is 1. The zero-order valence-corrected chi connectivity index (χ0v) is 16.2. The molecule has 2 amide bonds. The molecule has 0 bridgehead atoms. The summed E-state index contributed by atoms with van der Waals surface area (Å²) in [5.74, 6) is -0.457. The van der Waals surface area contributed by atoms with Gasteiger partial charge in [-0.2, -0.15) is 5.10 Å². The maximum absolute atomic E-state index is 12.2. The molecule has 2 N–H and O–H groups in total. The molecule has 0 unspecified atom stereocenters. The molecule has 0 saturated carbocycles. The summed E-state index contributed by atoms with van der Waals surface area (Å²) in [7, 11) is 0. The van der Waals surface area contributed by atoms with Gasteiger partial charge in [0, 0.05) is 17.7 Å². The second kappa shape index (κ2) is 8.70.